The van der Waals surface area contributed by atoms with Gasteiger partial charge in [0.25, 0.3) is 0 Å². The van der Waals surface area contributed by atoms with Crippen molar-refractivity contribution in [2.75, 3.05) is 11.1 Å². The SMILES string of the molecule is CC(C)[C@@H]1CC[C@@H](C)C[C@H]1Nc1ccccc1N. The summed E-state index contributed by atoms with van der Waals surface area (Å²) in [4.78, 5) is 0. The highest BCUT2D eigenvalue weighted by atomic mass is 14.9. The minimum Gasteiger partial charge on any atom is -0.397 e. The Labute approximate surface area is 111 Å². The molecule has 0 bridgehead atoms. The van der Waals surface area contributed by atoms with E-state index in [4.69, 9.17) is 5.73 Å². The monoisotopic (exact) mass is 246 g/mol. The van der Waals surface area contributed by atoms with Gasteiger partial charge in [-0.1, -0.05) is 39.3 Å². The van der Waals surface area contributed by atoms with E-state index in [2.05, 4.69) is 38.2 Å². The van der Waals surface area contributed by atoms with Crippen molar-refractivity contribution in [2.24, 2.45) is 17.8 Å². The Kier molecular flexibility index (Phi) is 4.15. The molecule has 2 nitrogen and oxygen atoms in total. The maximum absolute atomic E-state index is 6.03. The first-order valence-electron chi connectivity index (χ1n) is 7.19. The quantitative estimate of drug-likeness (QED) is 0.787. The van der Waals surface area contributed by atoms with Crippen molar-refractivity contribution in [3.63, 3.8) is 0 Å². The van der Waals surface area contributed by atoms with Gasteiger partial charge < -0.3 is 11.1 Å². The smallest absolute Gasteiger partial charge is 0.0576 e. The summed E-state index contributed by atoms with van der Waals surface area (Å²) in [6.45, 7) is 7.03. The molecule has 3 atom stereocenters. The molecule has 0 saturated heterocycles. The van der Waals surface area contributed by atoms with Gasteiger partial charge in [0, 0.05) is 6.04 Å². The number of hydrogen-bond acceptors (Lipinski definition) is 2. The molecule has 0 spiro atoms. The molecule has 0 unspecified atom stereocenters. The molecule has 18 heavy (non-hydrogen) atoms. The summed E-state index contributed by atoms with van der Waals surface area (Å²) in [5.41, 5.74) is 7.99. The van der Waals surface area contributed by atoms with Crippen LogP contribution in [0.25, 0.3) is 0 Å². The fourth-order valence-corrected chi connectivity index (χ4v) is 3.20. The van der Waals surface area contributed by atoms with Gasteiger partial charge in [0.1, 0.15) is 0 Å². The van der Waals surface area contributed by atoms with Gasteiger partial charge in [-0.05, 0) is 42.7 Å². The van der Waals surface area contributed by atoms with Crippen LogP contribution >= 0.6 is 0 Å². The van der Waals surface area contributed by atoms with Crippen molar-refractivity contribution in [1.29, 1.82) is 0 Å². The molecule has 1 aromatic rings. The van der Waals surface area contributed by atoms with Crippen molar-refractivity contribution in [2.45, 2.75) is 46.1 Å². The van der Waals surface area contributed by atoms with E-state index in [1.807, 2.05) is 12.1 Å². The van der Waals surface area contributed by atoms with Gasteiger partial charge in [0.15, 0.2) is 0 Å². The number of nitrogen functional groups attached to an aromatic ring is 1. The van der Waals surface area contributed by atoms with Crippen LogP contribution in [0.3, 0.4) is 0 Å². The number of benzene rings is 1. The molecule has 1 fully saturated rings. The second kappa shape index (κ2) is 5.64. The minimum atomic E-state index is 0.568. The Morgan fingerprint density at radius 1 is 1.22 bits per heavy atom. The molecule has 3 N–H and O–H groups in total. The summed E-state index contributed by atoms with van der Waals surface area (Å²) < 4.78 is 0. The zero-order valence-electron chi connectivity index (χ0n) is 11.8. The number of hydrogen-bond donors (Lipinski definition) is 2. The molecule has 0 heterocycles. The van der Waals surface area contributed by atoms with Crippen LogP contribution in [0.1, 0.15) is 40.0 Å². The average molecular weight is 246 g/mol. The molecule has 100 valence electrons. The van der Waals surface area contributed by atoms with E-state index in [9.17, 15) is 0 Å². The van der Waals surface area contributed by atoms with Crippen molar-refractivity contribution in [3.05, 3.63) is 24.3 Å². The van der Waals surface area contributed by atoms with Crippen LogP contribution in [0, 0.1) is 17.8 Å². The van der Waals surface area contributed by atoms with Crippen LogP contribution in [-0.4, -0.2) is 6.04 Å². The molecule has 1 aliphatic rings. The molecule has 0 aromatic heterocycles. The fraction of sp³-hybridized carbons (Fsp3) is 0.625. The molecule has 1 aromatic carbocycles. The molecular weight excluding hydrogens is 220 g/mol. The number of nitrogens with one attached hydrogen (secondary N) is 1. The van der Waals surface area contributed by atoms with Crippen LogP contribution in [-0.2, 0) is 0 Å². The summed E-state index contributed by atoms with van der Waals surface area (Å²) in [5, 5.41) is 3.69. The third kappa shape index (κ3) is 2.98. The summed E-state index contributed by atoms with van der Waals surface area (Å²) in [6.07, 6.45) is 3.96. The van der Waals surface area contributed by atoms with Crippen LogP contribution in [0.15, 0.2) is 24.3 Å². The number of nitrogens with two attached hydrogens (primary N) is 1. The van der Waals surface area contributed by atoms with Gasteiger partial charge in [-0.2, -0.15) is 0 Å². The predicted molar refractivity (Wildman–Crippen MR) is 79.6 cm³/mol. The van der Waals surface area contributed by atoms with Crippen LogP contribution in [0.4, 0.5) is 11.4 Å². The van der Waals surface area contributed by atoms with Crippen LogP contribution in [0.2, 0.25) is 0 Å². The van der Waals surface area contributed by atoms with E-state index in [0.717, 1.165) is 29.1 Å². The minimum absolute atomic E-state index is 0.568. The molecule has 0 radical (unpaired) electrons. The molecule has 1 aliphatic carbocycles. The average Bonchev–Trinajstić information content (AvgIpc) is 2.32. The lowest BCUT2D eigenvalue weighted by molar-refractivity contribution is 0.212. The van der Waals surface area contributed by atoms with Crippen molar-refractivity contribution >= 4 is 11.4 Å². The second-order valence-corrected chi connectivity index (χ2v) is 6.16. The Bertz CT molecular complexity index is 386. The molecular formula is C16H26N2. The van der Waals surface area contributed by atoms with E-state index in [1.54, 1.807) is 0 Å². The summed E-state index contributed by atoms with van der Waals surface area (Å²) >= 11 is 0. The standard InChI is InChI=1S/C16H26N2/c1-11(2)13-9-8-12(3)10-16(13)18-15-7-5-4-6-14(15)17/h4-7,11-13,16,18H,8-10,17H2,1-3H3/t12-,13+,16-/m1/s1. The number of para-hydroxylation sites is 2. The van der Waals surface area contributed by atoms with Gasteiger partial charge in [0.05, 0.1) is 11.4 Å². The Balaban J connectivity index is 2.11. The Morgan fingerprint density at radius 2 is 1.94 bits per heavy atom. The van der Waals surface area contributed by atoms with E-state index in [0.29, 0.717) is 6.04 Å². The highest BCUT2D eigenvalue weighted by molar-refractivity contribution is 5.66. The van der Waals surface area contributed by atoms with Gasteiger partial charge in [0.2, 0.25) is 0 Å². The van der Waals surface area contributed by atoms with E-state index >= 15 is 0 Å². The lowest BCUT2D eigenvalue weighted by atomic mass is 9.74. The van der Waals surface area contributed by atoms with Gasteiger partial charge in [-0.15, -0.1) is 0 Å². The predicted octanol–water partition coefficient (Wildman–Crippen LogP) is 4.14. The Morgan fingerprint density at radius 3 is 2.61 bits per heavy atom. The topological polar surface area (TPSA) is 38.0 Å². The van der Waals surface area contributed by atoms with Gasteiger partial charge in [-0.3, -0.25) is 0 Å². The molecule has 0 amide bonds. The molecule has 1 saturated carbocycles. The van der Waals surface area contributed by atoms with E-state index in [1.165, 1.54) is 19.3 Å². The van der Waals surface area contributed by atoms with Gasteiger partial charge in [-0.25, -0.2) is 0 Å². The first-order valence-corrected chi connectivity index (χ1v) is 7.19. The second-order valence-electron chi connectivity index (χ2n) is 6.16. The fourth-order valence-electron chi connectivity index (χ4n) is 3.20. The molecule has 2 rings (SSSR count). The van der Waals surface area contributed by atoms with Crippen molar-refractivity contribution in [1.82, 2.24) is 0 Å². The highest BCUT2D eigenvalue weighted by Gasteiger charge is 2.30. The van der Waals surface area contributed by atoms with Crippen LogP contribution in [0.5, 0.6) is 0 Å². The van der Waals surface area contributed by atoms with E-state index in [-0.39, 0.29) is 0 Å². The number of anilines is 2. The van der Waals surface area contributed by atoms with Crippen LogP contribution < -0.4 is 11.1 Å². The Hall–Kier alpha value is -1.18. The third-order valence-corrected chi connectivity index (χ3v) is 4.32. The van der Waals surface area contributed by atoms with E-state index < -0.39 is 0 Å². The summed E-state index contributed by atoms with van der Waals surface area (Å²) in [7, 11) is 0. The van der Waals surface area contributed by atoms with Crippen molar-refractivity contribution < 1.29 is 0 Å². The highest BCUT2D eigenvalue weighted by Crippen LogP contribution is 2.35. The largest absolute Gasteiger partial charge is 0.397 e. The summed E-state index contributed by atoms with van der Waals surface area (Å²) in [6, 6.07) is 8.67. The molecule has 2 heteroatoms. The maximum Gasteiger partial charge on any atom is 0.0576 e. The third-order valence-electron chi connectivity index (χ3n) is 4.32. The maximum atomic E-state index is 6.03. The molecule has 0 aliphatic heterocycles. The first kappa shape index (κ1) is 13.3. The first-order chi connectivity index (χ1) is 8.58. The zero-order chi connectivity index (χ0) is 13.1. The lowest BCUT2D eigenvalue weighted by Gasteiger charge is -2.38. The van der Waals surface area contributed by atoms with Crippen molar-refractivity contribution in [3.8, 4) is 0 Å². The number of rotatable bonds is 3. The summed E-state index contributed by atoms with van der Waals surface area (Å²) in [5.74, 6) is 2.32. The lowest BCUT2D eigenvalue weighted by Crippen LogP contribution is -2.38. The zero-order valence-corrected chi connectivity index (χ0v) is 11.8. The van der Waals surface area contributed by atoms with Gasteiger partial charge >= 0.3 is 0 Å². The normalized spacial score (nSPS) is 28.3.